The molecule has 1 atom stereocenters. The zero-order valence-electron chi connectivity index (χ0n) is 22.0. The molecule has 0 fully saturated rings. The number of ether oxygens (including phenoxy) is 3. The molecule has 3 amide bonds. The summed E-state index contributed by atoms with van der Waals surface area (Å²) in [5.41, 5.74) is 0.220. The molecule has 0 aromatic heterocycles. The van der Waals surface area contributed by atoms with Gasteiger partial charge in [0.25, 0.3) is 0 Å². The normalized spacial score (nSPS) is 11.6. The van der Waals surface area contributed by atoms with Gasteiger partial charge in [-0.05, 0) is 63.8 Å². The van der Waals surface area contributed by atoms with Crippen LogP contribution in [0.1, 0.15) is 56.0 Å². The van der Waals surface area contributed by atoms with Crippen LogP contribution in [0.3, 0.4) is 0 Å². The van der Waals surface area contributed by atoms with Gasteiger partial charge in [-0.15, -0.1) is 0 Å². The lowest BCUT2D eigenvalue weighted by Crippen LogP contribution is -2.45. The van der Waals surface area contributed by atoms with E-state index in [2.05, 4.69) is 16.0 Å². The highest BCUT2D eigenvalue weighted by atomic mass is 16.6. The van der Waals surface area contributed by atoms with Crippen molar-refractivity contribution < 1.29 is 38.5 Å². The summed E-state index contributed by atoms with van der Waals surface area (Å²) in [5, 5.41) is 17.2. The molecule has 38 heavy (non-hydrogen) atoms. The van der Waals surface area contributed by atoms with Crippen LogP contribution in [0.2, 0.25) is 0 Å². The number of hydrogen-bond acceptors (Lipinski definition) is 7. The number of nitrogens with one attached hydrogen (secondary N) is 3. The van der Waals surface area contributed by atoms with Crippen molar-refractivity contribution in [2.75, 3.05) is 19.0 Å². The average molecular weight is 530 g/mol. The lowest BCUT2D eigenvalue weighted by molar-refractivity contribution is -0.118. The van der Waals surface area contributed by atoms with Gasteiger partial charge < -0.3 is 35.3 Å². The van der Waals surface area contributed by atoms with Gasteiger partial charge in [0.2, 0.25) is 5.91 Å². The summed E-state index contributed by atoms with van der Waals surface area (Å²) in [6.45, 7) is 5.58. The molecule has 206 valence electrons. The van der Waals surface area contributed by atoms with Crippen LogP contribution in [0, 0.1) is 0 Å². The van der Waals surface area contributed by atoms with E-state index in [0.717, 1.165) is 5.56 Å². The number of anilines is 1. The summed E-state index contributed by atoms with van der Waals surface area (Å²) < 4.78 is 15.5. The highest BCUT2D eigenvalue weighted by Gasteiger charge is 2.25. The number of rotatable bonds is 12. The van der Waals surface area contributed by atoms with Crippen LogP contribution in [0.4, 0.5) is 15.3 Å². The Morgan fingerprint density at radius 2 is 1.68 bits per heavy atom. The van der Waals surface area contributed by atoms with Crippen LogP contribution in [0.25, 0.3) is 0 Å². The highest BCUT2D eigenvalue weighted by molar-refractivity contribution is 5.98. The van der Waals surface area contributed by atoms with Crippen molar-refractivity contribution in [3.05, 3.63) is 59.7 Å². The van der Waals surface area contributed by atoms with E-state index in [0.29, 0.717) is 19.4 Å². The number of unbranched alkanes of at least 4 members (excludes halogenated alkanes) is 1. The first-order valence-electron chi connectivity index (χ1n) is 12.1. The topological polar surface area (TPSA) is 152 Å². The lowest BCUT2D eigenvalue weighted by Gasteiger charge is -2.23. The van der Waals surface area contributed by atoms with Gasteiger partial charge >= 0.3 is 18.2 Å². The zero-order chi connectivity index (χ0) is 28.1. The Kier molecular flexibility index (Phi) is 11.4. The lowest BCUT2D eigenvalue weighted by atomic mass is 10.1. The second kappa shape index (κ2) is 14.5. The molecular weight excluding hydrogens is 494 g/mol. The largest absolute Gasteiger partial charge is 0.496 e. The van der Waals surface area contributed by atoms with E-state index in [4.69, 9.17) is 14.2 Å². The third kappa shape index (κ3) is 10.8. The quantitative estimate of drug-likeness (QED) is 0.297. The summed E-state index contributed by atoms with van der Waals surface area (Å²) in [4.78, 5) is 48.7. The fourth-order valence-electron chi connectivity index (χ4n) is 3.34. The fraction of sp³-hybridized carbons (Fsp3) is 0.407. The number of amides is 3. The van der Waals surface area contributed by atoms with Gasteiger partial charge in [-0.1, -0.05) is 30.3 Å². The maximum atomic E-state index is 13.0. The standard InChI is InChI=1S/C27H35N3O8/c1-27(2,3)38-26(35)30-21(23(31)29-19-13-14-22(36-4)20(16-19)24(32)33)12-8-9-15-28-25(34)37-17-18-10-6-5-7-11-18/h5-7,10-11,13-14,16,21H,8-9,12,15,17H2,1-4H3,(H,28,34)(H,29,31)(H,30,35)(H,32,33)/t21-/m0/s1. The number of carboxylic acids is 1. The second-order valence-electron chi connectivity index (χ2n) is 9.39. The predicted octanol–water partition coefficient (Wildman–Crippen LogP) is 4.32. The molecule has 11 heteroatoms. The van der Waals surface area contributed by atoms with Crippen molar-refractivity contribution in [3.63, 3.8) is 0 Å². The van der Waals surface area contributed by atoms with Crippen molar-refractivity contribution in [3.8, 4) is 5.75 Å². The van der Waals surface area contributed by atoms with Gasteiger partial charge in [-0.25, -0.2) is 14.4 Å². The van der Waals surface area contributed by atoms with Gasteiger partial charge in [-0.2, -0.15) is 0 Å². The molecule has 0 bridgehead atoms. The molecule has 2 aromatic carbocycles. The van der Waals surface area contributed by atoms with Gasteiger partial charge in [0.15, 0.2) is 0 Å². The minimum atomic E-state index is -1.21. The number of alkyl carbamates (subject to hydrolysis) is 2. The molecule has 0 spiro atoms. The highest BCUT2D eigenvalue weighted by Crippen LogP contribution is 2.23. The molecule has 0 heterocycles. The number of carboxylic acid groups (broad SMARTS) is 1. The van der Waals surface area contributed by atoms with E-state index in [-0.39, 0.29) is 30.0 Å². The molecule has 0 saturated carbocycles. The van der Waals surface area contributed by atoms with Crippen molar-refractivity contribution in [2.45, 2.75) is 58.3 Å². The van der Waals surface area contributed by atoms with E-state index >= 15 is 0 Å². The van der Waals surface area contributed by atoms with Crippen molar-refractivity contribution >= 4 is 29.8 Å². The van der Waals surface area contributed by atoms with E-state index in [9.17, 15) is 24.3 Å². The van der Waals surface area contributed by atoms with Crippen molar-refractivity contribution in [1.29, 1.82) is 0 Å². The molecule has 2 aromatic rings. The number of hydrogen-bond donors (Lipinski definition) is 4. The van der Waals surface area contributed by atoms with Gasteiger partial charge in [0, 0.05) is 12.2 Å². The molecule has 0 aliphatic carbocycles. The Morgan fingerprint density at radius 3 is 2.32 bits per heavy atom. The first-order valence-corrected chi connectivity index (χ1v) is 12.1. The predicted molar refractivity (Wildman–Crippen MR) is 140 cm³/mol. The Labute approximate surface area is 221 Å². The smallest absolute Gasteiger partial charge is 0.408 e. The SMILES string of the molecule is COc1ccc(NC(=O)[C@H](CCCCNC(=O)OCc2ccccc2)NC(=O)OC(C)(C)C)cc1C(=O)O. The molecule has 0 aliphatic rings. The molecule has 4 N–H and O–H groups in total. The van der Waals surface area contributed by atoms with Gasteiger partial charge in [-0.3, -0.25) is 4.79 Å². The van der Waals surface area contributed by atoms with Crippen LogP contribution in [0.15, 0.2) is 48.5 Å². The number of methoxy groups -OCH3 is 1. The fourth-order valence-corrected chi connectivity index (χ4v) is 3.34. The second-order valence-corrected chi connectivity index (χ2v) is 9.39. The maximum Gasteiger partial charge on any atom is 0.408 e. The number of carbonyl (C=O) groups is 4. The van der Waals surface area contributed by atoms with Gasteiger partial charge in [0.1, 0.15) is 29.6 Å². The third-order valence-electron chi connectivity index (χ3n) is 5.11. The zero-order valence-corrected chi connectivity index (χ0v) is 22.0. The molecule has 0 radical (unpaired) electrons. The third-order valence-corrected chi connectivity index (χ3v) is 5.11. The van der Waals surface area contributed by atoms with E-state index in [1.807, 2.05) is 30.3 Å². The monoisotopic (exact) mass is 529 g/mol. The first-order chi connectivity index (χ1) is 18.0. The Hall–Kier alpha value is -4.28. The minimum Gasteiger partial charge on any atom is -0.496 e. The molecular formula is C27H35N3O8. The molecule has 2 rings (SSSR count). The van der Waals surface area contributed by atoms with Crippen molar-refractivity contribution in [2.24, 2.45) is 0 Å². The Balaban J connectivity index is 1.92. The van der Waals surface area contributed by atoms with E-state index in [1.165, 1.54) is 25.3 Å². The first kappa shape index (κ1) is 29.9. The van der Waals surface area contributed by atoms with Crippen LogP contribution in [0.5, 0.6) is 5.75 Å². The summed E-state index contributed by atoms with van der Waals surface area (Å²) in [6.07, 6.45) is -0.0693. The number of benzene rings is 2. The number of carbonyl (C=O) groups excluding carboxylic acids is 3. The summed E-state index contributed by atoms with van der Waals surface area (Å²) in [5.74, 6) is -1.61. The average Bonchev–Trinajstić information content (AvgIpc) is 2.86. The van der Waals surface area contributed by atoms with Crippen LogP contribution >= 0.6 is 0 Å². The summed E-state index contributed by atoms with van der Waals surface area (Å²) in [7, 11) is 1.35. The van der Waals surface area contributed by atoms with E-state index in [1.54, 1.807) is 20.8 Å². The Morgan fingerprint density at radius 1 is 0.974 bits per heavy atom. The molecule has 0 unspecified atom stereocenters. The van der Waals surface area contributed by atoms with Crippen LogP contribution in [-0.2, 0) is 20.9 Å². The Bertz CT molecular complexity index is 1100. The van der Waals surface area contributed by atoms with E-state index < -0.39 is 35.7 Å². The maximum absolute atomic E-state index is 13.0. The molecule has 0 saturated heterocycles. The van der Waals surface area contributed by atoms with Crippen LogP contribution in [-0.4, -0.2) is 54.5 Å². The number of aromatic carboxylic acids is 1. The van der Waals surface area contributed by atoms with Crippen LogP contribution < -0.4 is 20.7 Å². The molecule has 0 aliphatic heterocycles. The minimum absolute atomic E-state index is 0.118. The van der Waals surface area contributed by atoms with Gasteiger partial charge in [0.05, 0.1) is 7.11 Å². The van der Waals surface area contributed by atoms with Crippen molar-refractivity contribution in [1.82, 2.24) is 10.6 Å². The summed E-state index contributed by atoms with van der Waals surface area (Å²) in [6, 6.07) is 12.5. The molecule has 11 nitrogen and oxygen atoms in total. The summed E-state index contributed by atoms with van der Waals surface area (Å²) >= 11 is 0.